The lowest BCUT2D eigenvalue weighted by Crippen LogP contribution is -2.57. The molecule has 0 radical (unpaired) electrons. The van der Waals surface area contributed by atoms with E-state index in [0.29, 0.717) is 43.9 Å². The Kier molecular flexibility index (Phi) is 5.15. The minimum Gasteiger partial charge on any atom is -0.348 e. The van der Waals surface area contributed by atoms with Gasteiger partial charge in [-0.3, -0.25) is 9.59 Å². The number of ketones is 1. The van der Waals surface area contributed by atoms with Crippen molar-refractivity contribution in [2.24, 2.45) is 0 Å². The quantitative estimate of drug-likeness (QED) is 0.790. The number of likely N-dealkylation sites (tertiary alicyclic amines) is 1. The standard InChI is InChI=1S/C18H20N4O2/c23-16(14-6-2-1-3-7-14)8-4-9-17(24)22-12-15(13-22)21-18-19-10-5-11-20-18/h1-3,5-7,10-11,15H,4,8-9,12-13H2,(H,19,20,21). The van der Waals surface area contributed by atoms with Gasteiger partial charge in [-0.1, -0.05) is 30.3 Å². The third kappa shape index (κ3) is 4.16. The zero-order chi connectivity index (χ0) is 16.8. The Morgan fingerprint density at radius 2 is 1.75 bits per heavy atom. The molecule has 0 atom stereocenters. The van der Waals surface area contributed by atoms with Gasteiger partial charge in [0.2, 0.25) is 11.9 Å². The Labute approximate surface area is 140 Å². The van der Waals surface area contributed by atoms with E-state index < -0.39 is 0 Å². The SMILES string of the molecule is O=C(CCCC(=O)N1CC(Nc2ncccn2)C1)c1ccccc1. The maximum atomic E-state index is 12.1. The highest BCUT2D eigenvalue weighted by atomic mass is 16.2. The van der Waals surface area contributed by atoms with Gasteiger partial charge in [-0.15, -0.1) is 0 Å². The zero-order valence-electron chi connectivity index (χ0n) is 13.4. The third-order valence-corrected chi connectivity index (χ3v) is 4.02. The first-order valence-corrected chi connectivity index (χ1v) is 8.12. The van der Waals surface area contributed by atoms with Crippen molar-refractivity contribution in [3.05, 3.63) is 54.4 Å². The molecule has 1 N–H and O–H groups in total. The van der Waals surface area contributed by atoms with E-state index in [9.17, 15) is 9.59 Å². The molecule has 3 rings (SSSR count). The Balaban J connectivity index is 1.34. The highest BCUT2D eigenvalue weighted by Gasteiger charge is 2.30. The second-order valence-corrected chi connectivity index (χ2v) is 5.86. The highest BCUT2D eigenvalue weighted by Crippen LogP contribution is 2.15. The molecule has 1 amide bonds. The molecule has 1 saturated heterocycles. The lowest BCUT2D eigenvalue weighted by Gasteiger charge is -2.39. The predicted octanol–water partition coefficient (Wildman–Crippen LogP) is 2.15. The average molecular weight is 324 g/mol. The molecule has 0 spiro atoms. The molecule has 0 unspecified atom stereocenters. The van der Waals surface area contributed by atoms with Crippen LogP contribution in [0.3, 0.4) is 0 Å². The molecule has 1 aliphatic heterocycles. The summed E-state index contributed by atoms with van der Waals surface area (Å²) in [6.45, 7) is 1.31. The second-order valence-electron chi connectivity index (χ2n) is 5.86. The van der Waals surface area contributed by atoms with Crippen LogP contribution in [0.5, 0.6) is 0 Å². The van der Waals surface area contributed by atoms with Crippen LogP contribution in [-0.4, -0.2) is 45.7 Å². The molecule has 2 aromatic rings. The van der Waals surface area contributed by atoms with Crippen LogP contribution >= 0.6 is 0 Å². The third-order valence-electron chi connectivity index (χ3n) is 4.02. The molecule has 1 fully saturated rings. The molecule has 124 valence electrons. The van der Waals surface area contributed by atoms with Gasteiger partial charge in [0.25, 0.3) is 0 Å². The van der Waals surface area contributed by atoms with Crippen molar-refractivity contribution < 1.29 is 9.59 Å². The number of Topliss-reactive ketones (excluding diaryl/α,β-unsaturated/α-hetero) is 1. The van der Waals surface area contributed by atoms with Gasteiger partial charge in [0.1, 0.15) is 0 Å². The summed E-state index contributed by atoms with van der Waals surface area (Å²) >= 11 is 0. The molecular weight excluding hydrogens is 304 g/mol. The minimum absolute atomic E-state index is 0.0905. The second kappa shape index (κ2) is 7.68. The predicted molar refractivity (Wildman–Crippen MR) is 90.6 cm³/mol. The number of rotatable bonds is 7. The minimum atomic E-state index is 0.0905. The van der Waals surface area contributed by atoms with Crippen LogP contribution in [0.1, 0.15) is 29.6 Å². The Bertz CT molecular complexity index is 685. The first-order chi connectivity index (χ1) is 11.7. The Morgan fingerprint density at radius 1 is 1.04 bits per heavy atom. The zero-order valence-corrected chi connectivity index (χ0v) is 13.4. The molecule has 0 aliphatic carbocycles. The molecule has 6 heteroatoms. The average Bonchev–Trinajstić information content (AvgIpc) is 2.59. The molecule has 2 heterocycles. The fourth-order valence-corrected chi connectivity index (χ4v) is 2.66. The van der Waals surface area contributed by atoms with Crippen molar-refractivity contribution in [3.8, 4) is 0 Å². The van der Waals surface area contributed by atoms with E-state index in [1.54, 1.807) is 23.4 Å². The number of hydrogen-bond donors (Lipinski definition) is 1. The summed E-state index contributed by atoms with van der Waals surface area (Å²) in [5.41, 5.74) is 0.709. The van der Waals surface area contributed by atoms with Crippen molar-refractivity contribution in [3.63, 3.8) is 0 Å². The van der Waals surface area contributed by atoms with Crippen LogP contribution in [-0.2, 0) is 4.79 Å². The van der Waals surface area contributed by atoms with Gasteiger partial charge >= 0.3 is 0 Å². The highest BCUT2D eigenvalue weighted by molar-refractivity contribution is 5.96. The van der Waals surface area contributed by atoms with Crippen LogP contribution in [0.2, 0.25) is 0 Å². The maximum Gasteiger partial charge on any atom is 0.222 e. The number of nitrogens with one attached hydrogen (secondary N) is 1. The molecule has 1 aromatic heterocycles. The summed E-state index contributed by atoms with van der Waals surface area (Å²) in [4.78, 5) is 34.1. The molecule has 0 bridgehead atoms. The summed E-state index contributed by atoms with van der Waals surface area (Å²) in [6, 6.07) is 11.2. The van der Waals surface area contributed by atoms with Crippen LogP contribution in [0.25, 0.3) is 0 Å². The van der Waals surface area contributed by atoms with E-state index >= 15 is 0 Å². The number of hydrogen-bond acceptors (Lipinski definition) is 5. The fourth-order valence-electron chi connectivity index (χ4n) is 2.66. The van der Waals surface area contributed by atoms with Gasteiger partial charge in [0, 0.05) is 43.9 Å². The topological polar surface area (TPSA) is 75.2 Å². The van der Waals surface area contributed by atoms with Crippen LogP contribution in [0, 0.1) is 0 Å². The Hall–Kier alpha value is -2.76. The van der Waals surface area contributed by atoms with E-state index in [0.717, 1.165) is 0 Å². The van der Waals surface area contributed by atoms with E-state index in [-0.39, 0.29) is 17.7 Å². The van der Waals surface area contributed by atoms with E-state index in [1.165, 1.54) is 0 Å². The molecule has 24 heavy (non-hydrogen) atoms. The number of benzene rings is 1. The summed E-state index contributed by atoms with van der Waals surface area (Å²) in [7, 11) is 0. The van der Waals surface area contributed by atoms with Crippen molar-refractivity contribution >= 4 is 17.6 Å². The summed E-state index contributed by atoms with van der Waals surface area (Å²) in [5, 5.41) is 3.19. The van der Waals surface area contributed by atoms with E-state index in [1.807, 2.05) is 30.3 Å². The maximum absolute atomic E-state index is 12.1. The van der Waals surface area contributed by atoms with Gasteiger partial charge in [-0.05, 0) is 12.5 Å². The van der Waals surface area contributed by atoms with Gasteiger partial charge < -0.3 is 10.2 Å². The van der Waals surface area contributed by atoms with Gasteiger partial charge in [-0.25, -0.2) is 9.97 Å². The van der Waals surface area contributed by atoms with Crippen LogP contribution < -0.4 is 5.32 Å². The van der Waals surface area contributed by atoms with Gasteiger partial charge in [0.15, 0.2) is 5.78 Å². The van der Waals surface area contributed by atoms with Crippen LogP contribution in [0.4, 0.5) is 5.95 Å². The van der Waals surface area contributed by atoms with Crippen molar-refractivity contribution in [1.29, 1.82) is 0 Å². The molecule has 1 aromatic carbocycles. The number of carbonyl (C=O) groups is 2. The van der Waals surface area contributed by atoms with E-state index in [4.69, 9.17) is 0 Å². The number of amides is 1. The number of anilines is 1. The molecule has 6 nitrogen and oxygen atoms in total. The summed E-state index contributed by atoms with van der Waals surface area (Å²) in [5.74, 6) is 0.777. The number of carbonyl (C=O) groups excluding carboxylic acids is 2. The van der Waals surface area contributed by atoms with Gasteiger partial charge in [-0.2, -0.15) is 0 Å². The summed E-state index contributed by atoms with van der Waals surface area (Å²) in [6.07, 6.45) is 4.76. The first-order valence-electron chi connectivity index (χ1n) is 8.12. The lowest BCUT2D eigenvalue weighted by atomic mass is 10.0. The monoisotopic (exact) mass is 324 g/mol. The lowest BCUT2D eigenvalue weighted by molar-refractivity contribution is -0.135. The molecule has 1 aliphatic rings. The molecule has 0 saturated carbocycles. The first kappa shape index (κ1) is 16.1. The normalized spacial score (nSPS) is 14.1. The molecular formula is C18H20N4O2. The smallest absolute Gasteiger partial charge is 0.222 e. The van der Waals surface area contributed by atoms with Crippen molar-refractivity contribution in [1.82, 2.24) is 14.9 Å². The van der Waals surface area contributed by atoms with Crippen molar-refractivity contribution in [2.75, 3.05) is 18.4 Å². The fraction of sp³-hybridized carbons (Fsp3) is 0.333. The van der Waals surface area contributed by atoms with Crippen LogP contribution in [0.15, 0.2) is 48.8 Å². The Morgan fingerprint density at radius 3 is 2.46 bits per heavy atom. The van der Waals surface area contributed by atoms with Crippen molar-refractivity contribution in [2.45, 2.75) is 25.3 Å². The summed E-state index contributed by atoms with van der Waals surface area (Å²) < 4.78 is 0. The largest absolute Gasteiger partial charge is 0.348 e. The van der Waals surface area contributed by atoms with E-state index in [2.05, 4.69) is 15.3 Å². The number of aromatic nitrogens is 2. The number of nitrogens with zero attached hydrogens (tertiary/aromatic N) is 3. The van der Waals surface area contributed by atoms with Gasteiger partial charge in [0.05, 0.1) is 6.04 Å².